The van der Waals surface area contributed by atoms with Gasteiger partial charge in [0.05, 0.1) is 0 Å². The predicted molar refractivity (Wildman–Crippen MR) is 90.5 cm³/mol. The van der Waals surface area contributed by atoms with E-state index in [1.165, 1.54) is 37.7 Å². The molecule has 2 rings (SSSR count). The first-order chi connectivity index (χ1) is 9.99. The van der Waals surface area contributed by atoms with E-state index in [0.29, 0.717) is 5.92 Å². The van der Waals surface area contributed by atoms with E-state index in [9.17, 15) is 0 Å². The standard InChI is InChI=1S/C19H32N2/c1-5-7-15-9-10-17(14-21-19(2,3)4)18(12-15)16-8-6-11-20-13-16/h6,8,11,13,15,17-18,21H,5,7,9-10,12,14H2,1-4H3. The van der Waals surface area contributed by atoms with Gasteiger partial charge in [0.1, 0.15) is 0 Å². The Morgan fingerprint density at radius 2 is 2.10 bits per heavy atom. The second-order valence-corrected chi connectivity index (χ2v) is 7.75. The zero-order chi connectivity index (χ0) is 15.3. The van der Waals surface area contributed by atoms with Crippen molar-refractivity contribution in [2.75, 3.05) is 6.54 Å². The predicted octanol–water partition coefficient (Wildman–Crippen LogP) is 4.77. The summed E-state index contributed by atoms with van der Waals surface area (Å²) in [6.45, 7) is 10.2. The molecule has 1 N–H and O–H groups in total. The van der Waals surface area contributed by atoms with Gasteiger partial charge in [-0.1, -0.05) is 32.3 Å². The van der Waals surface area contributed by atoms with Crippen LogP contribution in [0.3, 0.4) is 0 Å². The van der Waals surface area contributed by atoms with Gasteiger partial charge in [0, 0.05) is 17.9 Å². The van der Waals surface area contributed by atoms with E-state index in [-0.39, 0.29) is 5.54 Å². The molecule has 3 atom stereocenters. The largest absolute Gasteiger partial charge is 0.312 e. The molecule has 1 aromatic heterocycles. The maximum absolute atomic E-state index is 4.35. The highest BCUT2D eigenvalue weighted by Crippen LogP contribution is 2.41. The zero-order valence-corrected chi connectivity index (χ0v) is 14.2. The fourth-order valence-electron chi connectivity index (χ4n) is 3.68. The quantitative estimate of drug-likeness (QED) is 0.844. The van der Waals surface area contributed by atoms with Crippen molar-refractivity contribution in [1.82, 2.24) is 10.3 Å². The second-order valence-electron chi connectivity index (χ2n) is 7.75. The zero-order valence-electron chi connectivity index (χ0n) is 14.2. The molecular weight excluding hydrogens is 256 g/mol. The number of hydrogen-bond donors (Lipinski definition) is 1. The topological polar surface area (TPSA) is 24.9 Å². The van der Waals surface area contributed by atoms with Crippen molar-refractivity contribution in [2.24, 2.45) is 11.8 Å². The molecule has 1 saturated carbocycles. The van der Waals surface area contributed by atoms with Crippen molar-refractivity contribution < 1.29 is 0 Å². The summed E-state index contributed by atoms with van der Waals surface area (Å²) in [4.78, 5) is 4.35. The summed E-state index contributed by atoms with van der Waals surface area (Å²) in [6.07, 6.45) is 10.8. The molecule has 21 heavy (non-hydrogen) atoms. The molecule has 1 heterocycles. The average molecular weight is 288 g/mol. The molecule has 0 spiro atoms. The molecule has 1 fully saturated rings. The minimum atomic E-state index is 0.208. The molecule has 0 amide bonds. The summed E-state index contributed by atoms with van der Waals surface area (Å²) in [6, 6.07) is 4.36. The molecular formula is C19H32N2. The number of hydrogen-bond acceptors (Lipinski definition) is 2. The molecule has 0 aromatic carbocycles. The van der Waals surface area contributed by atoms with Gasteiger partial charge in [0.25, 0.3) is 0 Å². The lowest BCUT2D eigenvalue weighted by Gasteiger charge is -2.38. The fraction of sp³-hybridized carbons (Fsp3) is 0.737. The molecule has 1 aromatic rings. The van der Waals surface area contributed by atoms with E-state index < -0.39 is 0 Å². The van der Waals surface area contributed by atoms with E-state index in [1.54, 1.807) is 0 Å². The first kappa shape index (κ1) is 16.5. The summed E-state index contributed by atoms with van der Waals surface area (Å²) in [5, 5.41) is 3.72. The summed E-state index contributed by atoms with van der Waals surface area (Å²) in [5.74, 6) is 2.34. The molecule has 1 aliphatic carbocycles. The molecule has 2 heteroatoms. The smallest absolute Gasteiger partial charge is 0.0302 e. The van der Waals surface area contributed by atoms with Crippen LogP contribution < -0.4 is 5.32 Å². The van der Waals surface area contributed by atoms with Gasteiger partial charge >= 0.3 is 0 Å². The Hall–Kier alpha value is -0.890. The van der Waals surface area contributed by atoms with Gasteiger partial charge in [-0.2, -0.15) is 0 Å². The lowest BCUT2D eigenvalue weighted by atomic mass is 9.70. The fourth-order valence-corrected chi connectivity index (χ4v) is 3.68. The number of pyridine rings is 1. The molecule has 2 nitrogen and oxygen atoms in total. The van der Waals surface area contributed by atoms with Crippen LogP contribution >= 0.6 is 0 Å². The van der Waals surface area contributed by atoms with Crippen LogP contribution in [-0.4, -0.2) is 17.1 Å². The Morgan fingerprint density at radius 3 is 2.71 bits per heavy atom. The third-order valence-corrected chi connectivity index (χ3v) is 4.81. The Bertz CT molecular complexity index is 407. The second kappa shape index (κ2) is 7.40. The van der Waals surface area contributed by atoms with Crippen molar-refractivity contribution in [1.29, 1.82) is 0 Å². The van der Waals surface area contributed by atoms with Gasteiger partial charge in [0.2, 0.25) is 0 Å². The molecule has 118 valence electrons. The number of rotatable bonds is 5. The number of nitrogens with one attached hydrogen (secondary N) is 1. The number of aromatic nitrogens is 1. The van der Waals surface area contributed by atoms with Gasteiger partial charge in [-0.25, -0.2) is 0 Å². The molecule has 1 aliphatic rings. The van der Waals surface area contributed by atoms with Crippen molar-refractivity contribution >= 4 is 0 Å². The normalized spacial score (nSPS) is 26.8. The van der Waals surface area contributed by atoms with E-state index in [4.69, 9.17) is 0 Å². The van der Waals surface area contributed by atoms with E-state index in [2.05, 4.69) is 56.3 Å². The third-order valence-electron chi connectivity index (χ3n) is 4.81. The summed E-state index contributed by atoms with van der Waals surface area (Å²) in [5.41, 5.74) is 1.65. The third kappa shape index (κ3) is 5.10. The van der Waals surface area contributed by atoms with Crippen LogP contribution in [-0.2, 0) is 0 Å². The van der Waals surface area contributed by atoms with Gasteiger partial charge in [-0.15, -0.1) is 0 Å². The van der Waals surface area contributed by atoms with Crippen molar-refractivity contribution in [3.05, 3.63) is 30.1 Å². The first-order valence-corrected chi connectivity index (χ1v) is 8.64. The van der Waals surface area contributed by atoms with Crippen molar-refractivity contribution in [3.8, 4) is 0 Å². The Kier molecular flexibility index (Phi) is 5.80. The first-order valence-electron chi connectivity index (χ1n) is 8.64. The van der Waals surface area contributed by atoms with Crippen LogP contribution in [0.2, 0.25) is 0 Å². The summed E-state index contributed by atoms with van der Waals surface area (Å²) >= 11 is 0. The molecule has 0 saturated heterocycles. The van der Waals surface area contributed by atoms with Gasteiger partial charge in [-0.05, 0) is 69.5 Å². The SMILES string of the molecule is CCCC1CCC(CNC(C)(C)C)C(c2cccnc2)C1. The highest BCUT2D eigenvalue weighted by molar-refractivity contribution is 5.17. The van der Waals surface area contributed by atoms with Crippen LogP contribution in [0.1, 0.15) is 71.3 Å². The van der Waals surface area contributed by atoms with Crippen LogP contribution in [0.15, 0.2) is 24.5 Å². The van der Waals surface area contributed by atoms with E-state index in [0.717, 1.165) is 18.4 Å². The van der Waals surface area contributed by atoms with E-state index in [1.807, 2.05) is 6.20 Å². The van der Waals surface area contributed by atoms with Crippen LogP contribution in [0.25, 0.3) is 0 Å². The van der Waals surface area contributed by atoms with Crippen LogP contribution in [0.4, 0.5) is 0 Å². The lowest BCUT2D eigenvalue weighted by Crippen LogP contribution is -2.41. The monoisotopic (exact) mass is 288 g/mol. The molecule has 0 aliphatic heterocycles. The molecule has 3 unspecified atom stereocenters. The van der Waals surface area contributed by atoms with Crippen LogP contribution in [0.5, 0.6) is 0 Å². The lowest BCUT2D eigenvalue weighted by molar-refractivity contribution is 0.209. The van der Waals surface area contributed by atoms with Gasteiger partial charge in [-0.3, -0.25) is 4.98 Å². The Morgan fingerprint density at radius 1 is 1.29 bits per heavy atom. The van der Waals surface area contributed by atoms with Crippen LogP contribution in [0, 0.1) is 11.8 Å². The summed E-state index contributed by atoms with van der Waals surface area (Å²) in [7, 11) is 0. The van der Waals surface area contributed by atoms with Crippen molar-refractivity contribution in [2.45, 2.75) is 71.3 Å². The maximum atomic E-state index is 4.35. The highest BCUT2D eigenvalue weighted by atomic mass is 14.9. The minimum absolute atomic E-state index is 0.208. The average Bonchev–Trinajstić information content (AvgIpc) is 2.46. The molecule has 0 radical (unpaired) electrons. The minimum Gasteiger partial charge on any atom is -0.312 e. The maximum Gasteiger partial charge on any atom is 0.0302 e. The Labute approximate surface area is 130 Å². The highest BCUT2D eigenvalue weighted by Gasteiger charge is 2.31. The summed E-state index contributed by atoms with van der Waals surface area (Å²) < 4.78 is 0. The van der Waals surface area contributed by atoms with Gasteiger partial charge in [0.15, 0.2) is 0 Å². The van der Waals surface area contributed by atoms with E-state index >= 15 is 0 Å². The van der Waals surface area contributed by atoms with Crippen molar-refractivity contribution in [3.63, 3.8) is 0 Å². The number of nitrogens with zero attached hydrogens (tertiary/aromatic N) is 1. The Balaban J connectivity index is 2.07. The molecule has 0 bridgehead atoms. The van der Waals surface area contributed by atoms with Gasteiger partial charge < -0.3 is 5.32 Å².